The zero-order valence-corrected chi connectivity index (χ0v) is 18.6. The Morgan fingerprint density at radius 1 is 1.24 bits per heavy atom. The lowest BCUT2D eigenvalue weighted by Gasteiger charge is -2.33. The van der Waals surface area contributed by atoms with Crippen LogP contribution < -0.4 is 9.47 Å². The monoisotopic (exact) mass is 450 g/mol. The molecule has 33 heavy (non-hydrogen) atoms. The SMILES string of the molecule is COc1cncc2c1C1C(O2)C(c2ccccc2)C(C(=O)N(C)Cc2ccnn2C)C1(O)O. The largest absolute Gasteiger partial charge is 0.495 e. The second-order valence-electron chi connectivity index (χ2n) is 8.65. The highest BCUT2D eigenvalue weighted by Crippen LogP contribution is 2.61. The van der Waals surface area contributed by atoms with Gasteiger partial charge in [0, 0.05) is 26.2 Å². The summed E-state index contributed by atoms with van der Waals surface area (Å²) < 4.78 is 13.4. The van der Waals surface area contributed by atoms with Gasteiger partial charge in [-0.2, -0.15) is 5.10 Å². The van der Waals surface area contributed by atoms with E-state index in [9.17, 15) is 15.0 Å². The second-order valence-corrected chi connectivity index (χ2v) is 8.65. The molecule has 0 saturated heterocycles. The molecule has 2 aliphatic rings. The van der Waals surface area contributed by atoms with E-state index >= 15 is 0 Å². The second kappa shape index (κ2) is 7.86. The van der Waals surface area contributed by atoms with Crippen LogP contribution in [0.25, 0.3) is 0 Å². The van der Waals surface area contributed by atoms with Crippen molar-refractivity contribution in [2.24, 2.45) is 13.0 Å². The summed E-state index contributed by atoms with van der Waals surface area (Å²) in [6.07, 6.45) is 4.05. The Bertz CT molecular complexity index is 1180. The first-order valence-corrected chi connectivity index (χ1v) is 10.7. The standard InChI is InChI=1S/C24H26N4O5/c1-27(13-15-9-10-26-28(15)2)23(29)21-18(14-7-5-4-6-8-14)22-20(24(21,30)31)19-16(32-3)11-25-12-17(19)33-22/h4-12,18,20-22,30-31H,13H2,1-3H3. The first-order valence-electron chi connectivity index (χ1n) is 10.7. The topological polar surface area (TPSA) is 110 Å². The minimum absolute atomic E-state index is 0.281. The molecule has 5 rings (SSSR count). The lowest BCUT2D eigenvalue weighted by atomic mass is 9.84. The number of methoxy groups -OCH3 is 1. The number of benzene rings is 1. The third kappa shape index (κ3) is 3.27. The van der Waals surface area contributed by atoms with Gasteiger partial charge in [-0.15, -0.1) is 0 Å². The minimum atomic E-state index is -2.37. The summed E-state index contributed by atoms with van der Waals surface area (Å²) >= 11 is 0. The molecule has 0 radical (unpaired) electrons. The van der Waals surface area contributed by atoms with Crippen LogP contribution in [0.2, 0.25) is 0 Å². The predicted molar refractivity (Wildman–Crippen MR) is 117 cm³/mol. The summed E-state index contributed by atoms with van der Waals surface area (Å²) in [7, 11) is 4.95. The number of pyridine rings is 1. The summed E-state index contributed by atoms with van der Waals surface area (Å²) in [5.74, 6) is -4.55. The van der Waals surface area contributed by atoms with E-state index in [4.69, 9.17) is 9.47 Å². The molecule has 1 saturated carbocycles. The maximum absolute atomic E-state index is 13.8. The van der Waals surface area contributed by atoms with Gasteiger partial charge in [0.15, 0.2) is 5.79 Å². The third-order valence-corrected chi connectivity index (χ3v) is 6.81. The van der Waals surface area contributed by atoms with Gasteiger partial charge in [0.1, 0.15) is 23.5 Å². The van der Waals surface area contributed by atoms with Gasteiger partial charge in [-0.3, -0.25) is 14.5 Å². The molecule has 0 bridgehead atoms. The fourth-order valence-electron chi connectivity index (χ4n) is 5.26. The van der Waals surface area contributed by atoms with Crippen molar-refractivity contribution in [3.8, 4) is 11.5 Å². The Kier molecular flexibility index (Phi) is 5.10. The first-order chi connectivity index (χ1) is 15.8. The highest BCUT2D eigenvalue weighted by Gasteiger charge is 2.67. The molecule has 2 aromatic heterocycles. The van der Waals surface area contributed by atoms with Crippen LogP contribution in [0.5, 0.6) is 11.5 Å². The Morgan fingerprint density at radius 3 is 2.67 bits per heavy atom. The van der Waals surface area contributed by atoms with E-state index < -0.39 is 29.6 Å². The fourth-order valence-corrected chi connectivity index (χ4v) is 5.26. The molecule has 2 N–H and O–H groups in total. The van der Waals surface area contributed by atoms with Gasteiger partial charge in [-0.05, 0) is 11.6 Å². The van der Waals surface area contributed by atoms with Crippen molar-refractivity contribution in [1.29, 1.82) is 0 Å². The van der Waals surface area contributed by atoms with Crippen LogP contribution in [0.3, 0.4) is 0 Å². The Balaban J connectivity index is 1.59. The van der Waals surface area contributed by atoms with Crippen LogP contribution in [-0.4, -0.2) is 61.8 Å². The lowest BCUT2D eigenvalue weighted by molar-refractivity contribution is -0.204. The number of ether oxygens (including phenoxy) is 2. The van der Waals surface area contributed by atoms with Crippen LogP contribution in [0, 0.1) is 5.92 Å². The summed E-state index contributed by atoms with van der Waals surface area (Å²) in [5, 5.41) is 27.3. The molecule has 1 aromatic carbocycles. The molecule has 3 aromatic rings. The van der Waals surface area contributed by atoms with Gasteiger partial charge >= 0.3 is 0 Å². The highest BCUT2D eigenvalue weighted by atomic mass is 16.5. The van der Waals surface area contributed by atoms with Crippen molar-refractivity contribution in [2.75, 3.05) is 14.2 Å². The van der Waals surface area contributed by atoms with Crippen LogP contribution in [0.15, 0.2) is 55.0 Å². The zero-order chi connectivity index (χ0) is 23.3. The van der Waals surface area contributed by atoms with E-state index in [0.29, 0.717) is 17.1 Å². The van der Waals surface area contributed by atoms with Crippen LogP contribution >= 0.6 is 0 Å². The number of carbonyl (C=O) groups is 1. The summed E-state index contributed by atoms with van der Waals surface area (Å²) in [6.45, 7) is 0.281. The van der Waals surface area contributed by atoms with Crippen LogP contribution in [-0.2, 0) is 18.4 Å². The molecule has 1 amide bonds. The Hall–Kier alpha value is -3.43. The van der Waals surface area contributed by atoms with Gasteiger partial charge in [0.25, 0.3) is 0 Å². The van der Waals surface area contributed by atoms with Gasteiger partial charge in [0.2, 0.25) is 5.91 Å². The number of amides is 1. The van der Waals surface area contributed by atoms with Crippen LogP contribution in [0.4, 0.5) is 0 Å². The van der Waals surface area contributed by atoms with Crippen molar-refractivity contribution in [2.45, 2.75) is 30.3 Å². The number of hydrogen-bond acceptors (Lipinski definition) is 7. The van der Waals surface area contributed by atoms with Crippen molar-refractivity contribution in [3.63, 3.8) is 0 Å². The lowest BCUT2D eigenvalue weighted by Crippen LogP contribution is -2.48. The summed E-state index contributed by atoms with van der Waals surface area (Å²) in [5.41, 5.74) is 2.15. The van der Waals surface area contributed by atoms with Gasteiger partial charge in [0.05, 0.1) is 43.2 Å². The fraction of sp³-hybridized carbons (Fsp3) is 0.375. The summed E-state index contributed by atoms with van der Waals surface area (Å²) in [6, 6.07) is 11.2. The van der Waals surface area contributed by atoms with E-state index in [1.807, 2.05) is 36.4 Å². The Morgan fingerprint density at radius 2 is 2.00 bits per heavy atom. The Labute approximate surface area is 191 Å². The molecule has 3 heterocycles. The molecule has 9 heteroatoms. The molecule has 172 valence electrons. The number of aryl methyl sites for hydroxylation is 1. The quantitative estimate of drug-likeness (QED) is 0.566. The van der Waals surface area contributed by atoms with E-state index in [1.165, 1.54) is 18.2 Å². The van der Waals surface area contributed by atoms with Crippen molar-refractivity contribution >= 4 is 5.91 Å². The zero-order valence-electron chi connectivity index (χ0n) is 18.6. The average Bonchev–Trinajstić information content (AvgIpc) is 3.46. The van der Waals surface area contributed by atoms with Crippen molar-refractivity contribution < 1.29 is 24.5 Å². The van der Waals surface area contributed by atoms with Crippen molar-refractivity contribution in [3.05, 3.63) is 71.8 Å². The maximum Gasteiger partial charge on any atom is 0.232 e. The third-order valence-electron chi connectivity index (χ3n) is 6.81. The molecule has 1 aliphatic carbocycles. The van der Waals surface area contributed by atoms with Gasteiger partial charge in [-0.1, -0.05) is 30.3 Å². The molecule has 4 atom stereocenters. The average molecular weight is 450 g/mol. The number of rotatable bonds is 5. The normalized spacial score (nSPS) is 24.6. The smallest absolute Gasteiger partial charge is 0.232 e. The molecular weight excluding hydrogens is 424 g/mol. The number of fused-ring (bicyclic) bond motifs is 3. The molecule has 4 unspecified atom stereocenters. The molecular formula is C24H26N4O5. The van der Waals surface area contributed by atoms with E-state index in [2.05, 4.69) is 10.1 Å². The number of aliphatic hydroxyl groups is 2. The van der Waals surface area contributed by atoms with Gasteiger partial charge in [-0.25, -0.2) is 0 Å². The molecule has 1 fully saturated rings. The maximum atomic E-state index is 13.8. The number of nitrogens with zero attached hydrogens (tertiary/aromatic N) is 4. The molecule has 0 spiro atoms. The van der Waals surface area contributed by atoms with Crippen LogP contribution in [0.1, 0.15) is 28.7 Å². The van der Waals surface area contributed by atoms with E-state index in [1.54, 1.807) is 31.2 Å². The number of carbonyl (C=O) groups excluding carboxylic acids is 1. The van der Waals surface area contributed by atoms with E-state index in [0.717, 1.165) is 11.3 Å². The predicted octanol–water partition coefficient (Wildman–Crippen LogP) is 1.42. The van der Waals surface area contributed by atoms with Crippen molar-refractivity contribution in [1.82, 2.24) is 19.7 Å². The molecule has 1 aliphatic heterocycles. The van der Waals surface area contributed by atoms with E-state index in [-0.39, 0.29) is 12.5 Å². The molecule has 9 nitrogen and oxygen atoms in total. The minimum Gasteiger partial charge on any atom is -0.495 e. The first kappa shape index (κ1) is 21.4. The van der Waals surface area contributed by atoms with Gasteiger partial charge < -0.3 is 24.6 Å². The highest BCUT2D eigenvalue weighted by molar-refractivity contribution is 5.82. The summed E-state index contributed by atoms with van der Waals surface area (Å²) in [4.78, 5) is 19.4. The number of hydrogen-bond donors (Lipinski definition) is 2. The number of aromatic nitrogens is 3.